The summed E-state index contributed by atoms with van der Waals surface area (Å²) >= 11 is 0. The molecule has 0 bridgehead atoms. The van der Waals surface area contributed by atoms with Crippen molar-refractivity contribution in [1.29, 1.82) is 0 Å². The molecular weight excluding hydrogens is 320 g/mol. The van der Waals surface area contributed by atoms with Crippen LogP contribution in [0.5, 0.6) is 0 Å². The predicted octanol–water partition coefficient (Wildman–Crippen LogP) is 5.62. The second kappa shape index (κ2) is 5.87. The molecule has 0 aliphatic heterocycles. The van der Waals surface area contributed by atoms with Crippen molar-refractivity contribution < 1.29 is 9.84 Å². The molecule has 1 N–H and O–H groups in total. The quantitative estimate of drug-likeness (QED) is 0.711. The van der Waals surface area contributed by atoms with Crippen LogP contribution >= 0.6 is 0 Å². The van der Waals surface area contributed by atoms with Crippen molar-refractivity contribution in [3.8, 4) is 0 Å². The maximum absolute atomic E-state index is 10.7. The van der Waals surface area contributed by atoms with Gasteiger partial charge in [-0.05, 0) is 104 Å². The monoisotopic (exact) mass is 356 g/mol. The molecule has 5 aliphatic carbocycles. The average molecular weight is 357 g/mol. The van der Waals surface area contributed by atoms with E-state index in [4.69, 9.17) is 4.74 Å². The van der Waals surface area contributed by atoms with Crippen molar-refractivity contribution in [2.45, 2.75) is 84.7 Å². The highest BCUT2D eigenvalue weighted by Crippen LogP contribution is 2.67. The largest absolute Gasteiger partial charge is 0.498 e. The Morgan fingerprint density at radius 3 is 2.62 bits per heavy atom. The Morgan fingerprint density at radius 2 is 1.88 bits per heavy atom. The fourth-order valence-corrected chi connectivity index (χ4v) is 7.58. The first-order valence-corrected chi connectivity index (χ1v) is 11.2. The third-order valence-electron chi connectivity index (χ3n) is 9.22. The maximum atomic E-state index is 10.7. The minimum atomic E-state index is -0.0631. The molecule has 26 heavy (non-hydrogen) atoms. The van der Waals surface area contributed by atoms with Crippen molar-refractivity contribution in [3.05, 3.63) is 23.0 Å². The van der Waals surface area contributed by atoms with Crippen LogP contribution in [0.2, 0.25) is 0 Å². The summed E-state index contributed by atoms with van der Waals surface area (Å²) in [6.45, 7) is 7.88. The van der Waals surface area contributed by atoms with E-state index in [0.717, 1.165) is 43.1 Å². The van der Waals surface area contributed by atoms with Crippen LogP contribution in [0.15, 0.2) is 23.0 Å². The van der Waals surface area contributed by atoms with Gasteiger partial charge in [0.2, 0.25) is 0 Å². The van der Waals surface area contributed by atoms with E-state index >= 15 is 0 Å². The van der Waals surface area contributed by atoms with Gasteiger partial charge in [-0.15, -0.1) is 0 Å². The van der Waals surface area contributed by atoms with Crippen molar-refractivity contribution in [2.75, 3.05) is 6.61 Å². The van der Waals surface area contributed by atoms with Gasteiger partial charge >= 0.3 is 0 Å². The molecule has 0 aromatic carbocycles. The summed E-state index contributed by atoms with van der Waals surface area (Å²) in [5.74, 6) is 4.43. The van der Waals surface area contributed by atoms with Crippen LogP contribution in [0, 0.1) is 34.5 Å². The number of aliphatic hydroxyl groups excluding tert-OH is 1. The van der Waals surface area contributed by atoms with E-state index in [2.05, 4.69) is 26.8 Å². The van der Waals surface area contributed by atoms with Crippen molar-refractivity contribution >= 4 is 0 Å². The Morgan fingerprint density at radius 1 is 1.08 bits per heavy atom. The molecule has 0 aromatic heterocycles. The van der Waals surface area contributed by atoms with E-state index in [1.54, 1.807) is 11.1 Å². The molecule has 6 atom stereocenters. The summed E-state index contributed by atoms with van der Waals surface area (Å²) < 4.78 is 5.95. The van der Waals surface area contributed by atoms with Gasteiger partial charge in [-0.2, -0.15) is 0 Å². The third kappa shape index (κ3) is 2.33. The first-order valence-electron chi connectivity index (χ1n) is 11.2. The second-order valence-corrected chi connectivity index (χ2v) is 10.4. The average Bonchev–Trinajstić information content (AvgIpc) is 3.41. The van der Waals surface area contributed by atoms with Gasteiger partial charge in [0.05, 0.1) is 18.5 Å². The normalized spacial score (nSPS) is 47.8. The highest BCUT2D eigenvalue weighted by atomic mass is 16.5. The number of allylic oxidation sites excluding steroid dienone is 4. The number of aliphatic hydroxyl groups is 1. The first-order chi connectivity index (χ1) is 12.5. The van der Waals surface area contributed by atoms with Crippen molar-refractivity contribution in [1.82, 2.24) is 0 Å². The van der Waals surface area contributed by atoms with Crippen LogP contribution in [0.4, 0.5) is 0 Å². The zero-order valence-electron chi connectivity index (χ0n) is 16.9. The minimum absolute atomic E-state index is 0.0631. The SMILES string of the molecule is CCOC1=CC2=C(C3CC3)CC3C(CCC4(C)C(O)CCC34)C2(C)CC1. The van der Waals surface area contributed by atoms with Crippen LogP contribution in [0.25, 0.3) is 0 Å². The lowest BCUT2D eigenvalue weighted by molar-refractivity contribution is -0.0658. The van der Waals surface area contributed by atoms with E-state index in [0.29, 0.717) is 5.41 Å². The molecule has 2 nitrogen and oxygen atoms in total. The van der Waals surface area contributed by atoms with Gasteiger partial charge in [-0.3, -0.25) is 0 Å². The zero-order chi connectivity index (χ0) is 18.1. The Kier molecular flexibility index (Phi) is 3.91. The number of rotatable bonds is 3. The van der Waals surface area contributed by atoms with E-state index in [-0.39, 0.29) is 11.5 Å². The molecule has 6 unspecified atom stereocenters. The van der Waals surface area contributed by atoms with Crippen molar-refractivity contribution in [3.63, 3.8) is 0 Å². The van der Waals surface area contributed by atoms with Gasteiger partial charge < -0.3 is 9.84 Å². The van der Waals surface area contributed by atoms with Crippen LogP contribution < -0.4 is 0 Å². The summed E-state index contributed by atoms with van der Waals surface area (Å²) in [4.78, 5) is 0. The topological polar surface area (TPSA) is 29.5 Å². The first kappa shape index (κ1) is 17.3. The summed E-state index contributed by atoms with van der Waals surface area (Å²) in [5, 5.41) is 10.7. The van der Waals surface area contributed by atoms with E-state index in [1.807, 2.05) is 0 Å². The fourth-order valence-electron chi connectivity index (χ4n) is 7.58. The molecule has 144 valence electrons. The van der Waals surface area contributed by atoms with Crippen LogP contribution in [-0.4, -0.2) is 17.8 Å². The molecule has 3 saturated carbocycles. The van der Waals surface area contributed by atoms with E-state index in [9.17, 15) is 5.11 Å². The van der Waals surface area contributed by atoms with Gasteiger partial charge in [0, 0.05) is 6.42 Å². The molecule has 3 fully saturated rings. The molecule has 0 spiro atoms. The predicted molar refractivity (Wildman–Crippen MR) is 104 cm³/mol. The second-order valence-electron chi connectivity index (χ2n) is 10.4. The summed E-state index contributed by atoms with van der Waals surface area (Å²) in [6.07, 6.45) is 13.7. The number of hydrogen-bond donors (Lipinski definition) is 1. The minimum Gasteiger partial charge on any atom is -0.498 e. The van der Waals surface area contributed by atoms with Crippen LogP contribution in [0.1, 0.15) is 78.6 Å². The molecule has 0 aromatic rings. The Labute approximate surface area is 159 Å². The number of fused-ring (bicyclic) bond motifs is 5. The van der Waals surface area contributed by atoms with Gasteiger partial charge in [0.1, 0.15) is 0 Å². The molecule has 0 saturated heterocycles. The molecule has 0 amide bonds. The highest BCUT2D eigenvalue weighted by Gasteiger charge is 2.59. The lowest BCUT2D eigenvalue weighted by atomic mass is 9.47. The summed E-state index contributed by atoms with van der Waals surface area (Å²) in [7, 11) is 0. The third-order valence-corrected chi connectivity index (χ3v) is 9.22. The lowest BCUT2D eigenvalue weighted by Gasteiger charge is -2.58. The summed E-state index contributed by atoms with van der Waals surface area (Å²) in [5.41, 5.74) is 4.00. The number of ether oxygens (including phenoxy) is 1. The van der Waals surface area contributed by atoms with E-state index in [1.165, 1.54) is 50.7 Å². The van der Waals surface area contributed by atoms with Gasteiger partial charge in [-0.25, -0.2) is 0 Å². The Balaban J connectivity index is 1.57. The smallest absolute Gasteiger partial charge is 0.0962 e. The number of hydrogen-bond acceptors (Lipinski definition) is 2. The molecular formula is C24H36O2. The van der Waals surface area contributed by atoms with Gasteiger partial charge in [0.15, 0.2) is 0 Å². The van der Waals surface area contributed by atoms with Crippen molar-refractivity contribution in [2.24, 2.45) is 34.5 Å². The zero-order valence-corrected chi connectivity index (χ0v) is 16.9. The molecule has 2 heteroatoms. The maximum Gasteiger partial charge on any atom is 0.0962 e. The van der Waals surface area contributed by atoms with Crippen LogP contribution in [-0.2, 0) is 4.74 Å². The Hall–Kier alpha value is -0.760. The van der Waals surface area contributed by atoms with Gasteiger partial charge in [-0.1, -0.05) is 19.4 Å². The molecule has 0 radical (unpaired) electrons. The van der Waals surface area contributed by atoms with E-state index < -0.39 is 0 Å². The molecule has 5 rings (SSSR count). The van der Waals surface area contributed by atoms with Crippen LogP contribution in [0.3, 0.4) is 0 Å². The molecule has 5 aliphatic rings. The highest BCUT2D eigenvalue weighted by molar-refractivity contribution is 5.42. The fraction of sp³-hybridized carbons (Fsp3) is 0.833. The lowest BCUT2D eigenvalue weighted by Crippen LogP contribution is -2.51. The Bertz CT molecular complexity index is 657. The standard InChI is InChI=1S/C24H36O2/c1-4-26-16-9-11-23(2)20-10-12-24(3)19(7-8-22(24)25)18(20)14-17(15-5-6-15)21(23)13-16/h13,15,18-20,22,25H,4-12,14H2,1-3H3. The summed E-state index contributed by atoms with van der Waals surface area (Å²) in [6, 6.07) is 0. The van der Waals surface area contributed by atoms with Gasteiger partial charge in [0.25, 0.3) is 0 Å². The molecule has 0 heterocycles.